The molecule has 122 valence electrons. The average Bonchev–Trinajstić information content (AvgIpc) is 2.79. The summed E-state index contributed by atoms with van der Waals surface area (Å²) in [5.41, 5.74) is 2.84. The first-order valence-electron chi connectivity index (χ1n) is 8.67. The molecule has 0 bridgehead atoms. The van der Waals surface area contributed by atoms with Crippen LogP contribution in [-0.2, 0) is 0 Å². The lowest BCUT2D eigenvalue weighted by atomic mass is 9.88. The van der Waals surface area contributed by atoms with E-state index in [9.17, 15) is 0 Å². The van der Waals surface area contributed by atoms with E-state index in [1.807, 2.05) is 30.2 Å². The molecule has 0 saturated carbocycles. The van der Waals surface area contributed by atoms with Crippen LogP contribution >= 0.6 is 11.8 Å². The van der Waals surface area contributed by atoms with Crippen LogP contribution in [0.5, 0.6) is 0 Å². The highest BCUT2D eigenvalue weighted by molar-refractivity contribution is 7.99. The molecular weight excluding hydrogens is 300 g/mol. The van der Waals surface area contributed by atoms with Crippen molar-refractivity contribution >= 4 is 11.8 Å². The molecule has 0 saturated heterocycles. The number of pyridine rings is 1. The maximum atomic E-state index is 4.35. The van der Waals surface area contributed by atoms with Crippen LogP contribution in [0.1, 0.15) is 56.7 Å². The Morgan fingerprint density at radius 3 is 2.83 bits per heavy atom. The standard InChI is InChI=1S/C20H26N2S/c1-3-5-12-20(4-2)15-23-18-11-7-6-10-17(18)19(22-20)16-9-8-13-21-14-16/h6-11,13-14,19,22H,3-5,12,15H2,1-2H3. The molecule has 3 heteroatoms. The number of thioether (sulfide) groups is 1. The summed E-state index contributed by atoms with van der Waals surface area (Å²) in [6.07, 6.45) is 8.77. The Hall–Kier alpha value is -1.32. The molecule has 0 amide bonds. The Kier molecular flexibility index (Phi) is 5.39. The number of benzene rings is 1. The van der Waals surface area contributed by atoms with Gasteiger partial charge in [-0.2, -0.15) is 0 Å². The monoisotopic (exact) mass is 326 g/mol. The Labute approximate surface area is 144 Å². The van der Waals surface area contributed by atoms with Gasteiger partial charge in [-0.25, -0.2) is 0 Å². The summed E-state index contributed by atoms with van der Waals surface area (Å²) >= 11 is 2.01. The van der Waals surface area contributed by atoms with Gasteiger partial charge < -0.3 is 0 Å². The van der Waals surface area contributed by atoms with Crippen molar-refractivity contribution < 1.29 is 0 Å². The minimum Gasteiger partial charge on any atom is -0.300 e. The second-order valence-corrected chi connectivity index (χ2v) is 7.44. The molecule has 2 heterocycles. The van der Waals surface area contributed by atoms with Gasteiger partial charge in [0.25, 0.3) is 0 Å². The first-order chi connectivity index (χ1) is 11.3. The zero-order chi connectivity index (χ0) is 16.1. The van der Waals surface area contributed by atoms with Crippen molar-refractivity contribution in [3.8, 4) is 0 Å². The lowest BCUT2D eigenvalue weighted by molar-refractivity contribution is 0.297. The number of nitrogens with zero attached hydrogens (tertiary/aromatic N) is 1. The number of unbranched alkanes of at least 4 members (excludes halogenated alkanes) is 1. The zero-order valence-corrected chi connectivity index (χ0v) is 14.9. The van der Waals surface area contributed by atoms with E-state index in [0.29, 0.717) is 0 Å². The third-order valence-electron chi connectivity index (χ3n) is 4.89. The van der Waals surface area contributed by atoms with E-state index >= 15 is 0 Å². The lowest BCUT2D eigenvalue weighted by Gasteiger charge is -2.36. The van der Waals surface area contributed by atoms with E-state index in [-0.39, 0.29) is 11.6 Å². The highest BCUT2D eigenvalue weighted by Crippen LogP contribution is 2.40. The van der Waals surface area contributed by atoms with E-state index in [0.717, 1.165) is 12.2 Å². The molecule has 0 spiro atoms. The van der Waals surface area contributed by atoms with Crippen LogP contribution in [0.4, 0.5) is 0 Å². The average molecular weight is 327 g/mol. The quantitative estimate of drug-likeness (QED) is 0.817. The second-order valence-electron chi connectivity index (χ2n) is 6.43. The van der Waals surface area contributed by atoms with Crippen molar-refractivity contribution in [3.05, 3.63) is 59.9 Å². The van der Waals surface area contributed by atoms with E-state index in [1.165, 1.54) is 35.3 Å². The van der Waals surface area contributed by atoms with Gasteiger partial charge in [0.05, 0.1) is 6.04 Å². The fourth-order valence-electron chi connectivity index (χ4n) is 3.34. The molecule has 3 rings (SSSR count). The number of rotatable bonds is 5. The maximum Gasteiger partial charge on any atom is 0.0607 e. The molecule has 2 aromatic rings. The van der Waals surface area contributed by atoms with Crippen LogP contribution in [-0.4, -0.2) is 16.3 Å². The van der Waals surface area contributed by atoms with Gasteiger partial charge in [0.2, 0.25) is 0 Å². The summed E-state index contributed by atoms with van der Waals surface area (Å²) in [6.45, 7) is 4.60. The molecule has 0 radical (unpaired) electrons. The normalized spacial score (nSPS) is 24.0. The number of aromatic nitrogens is 1. The molecule has 0 fully saturated rings. The predicted octanol–water partition coefficient (Wildman–Crippen LogP) is 5.21. The molecule has 1 aliphatic rings. The van der Waals surface area contributed by atoms with Crippen LogP contribution in [0.3, 0.4) is 0 Å². The topological polar surface area (TPSA) is 24.9 Å². The number of hydrogen-bond donors (Lipinski definition) is 1. The van der Waals surface area contributed by atoms with E-state index < -0.39 is 0 Å². The van der Waals surface area contributed by atoms with Gasteiger partial charge in [-0.05, 0) is 36.1 Å². The van der Waals surface area contributed by atoms with Crippen molar-refractivity contribution in [1.29, 1.82) is 0 Å². The summed E-state index contributed by atoms with van der Waals surface area (Å²) < 4.78 is 0. The minimum absolute atomic E-state index is 0.195. The van der Waals surface area contributed by atoms with Crippen LogP contribution in [0.2, 0.25) is 0 Å². The van der Waals surface area contributed by atoms with Gasteiger partial charge in [-0.15, -0.1) is 11.8 Å². The SMILES string of the molecule is CCCCC1(CC)CSc2ccccc2C(c2cccnc2)N1. The molecule has 23 heavy (non-hydrogen) atoms. The number of fused-ring (bicyclic) bond motifs is 1. The summed E-state index contributed by atoms with van der Waals surface area (Å²) in [5, 5.41) is 4.03. The summed E-state index contributed by atoms with van der Waals surface area (Å²) in [4.78, 5) is 5.76. The Morgan fingerprint density at radius 1 is 1.22 bits per heavy atom. The van der Waals surface area contributed by atoms with Crippen LogP contribution in [0, 0.1) is 0 Å². The van der Waals surface area contributed by atoms with Crippen molar-refractivity contribution in [3.63, 3.8) is 0 Å². The van der Waals surface area contributed by atoms with Gasteiger partial charge in [0, 0.05) is 28.6 Å². The molecule has 2 nitrogen and oxygen atoms in total. The molecule has 1 aliphatic heterocycles. The third-order valence-corrected chi connectivity index (χ3v) is 6.27. The molecule has 1 N–H and O–H groups in total. The fourth-order valence-corrected chi connectivity index (χ4v) is 4.73. The van der Waals surface area contributed by atoms with Crippen molar-refractivity contribution in [1.82, 2.24) is 10.3 Å². The van der Waals surface area contributed by atoms with Crippen LogP contribution < -0.4 is 5.32 Å². The lowest BCUT2D eigenvalue weighted by Crippen LogP contribution is -2.48. The van der Waals surface area contributed by atoms with Crippen molar-refractivity contribution in [2.45, 2.75) is 56.0 Å². The first kappa shape index (κ1) is 16.5. The van der Waals surface area contributed by atoms with Crippen molar-refractivity contribution in [2.24, 2.45) is 0 Å². The first-order valence-corrected chi connectivity index (χ1v) is 9.66. The van der Waals surface area contributed by atoms with Gasteiger partial charge >= 0.3 is 0 Å². The summed E-state index contributed by atoms with van der Waals surface area (Å²) in [5.74, 6) is 1.14. The number of nitrogens with one attached hydrogen (secondary N) is 1. The predicted molar refractivity (Wildman–Crippen MR) is 98.9 cm³/mol. The molecule has 2 atom stereocenters. The molecular formula is C20H26N2S. The molecule has 0 aliphatic carbocycles. The van der Waals surface area contributed by atoms with Gasteiger partial charge in [-0.1, -0.05) is 51.0 Å². The fraction of sp³-hybridized carbons (Fsp3) is 0.450. The Bertz CT molecular complexity index is 629. The minimum atomic E-state index is 0.195. The van der Waals surface area contributed by atoms with Gasteiger partial charge in [-0.3, -0.25) is 10.3 Å². The van der Waals surface area contributed by atoms with Gasteiger partial charge in [0.1, 0.15) is 0 Å². The smallest absolute Gasteiger partial charge is 0.0607 e. The third kappa shape index (κ3) is 3.61. The van der Waals surface area contributed by atoms with E-state index in [4.69, 9.17) is 0 Å². The highest BCUT2D eigenvalue weighted by Gasteiger charge is 2.35. The molecule has 2 unspecified atom stereocenters. The van der Waals surface area contributed by atoms with Crippen LogP contribution in [0.25, 0.3) is 0 Å². The molecule has 1 aromatic heterocycles. The maximum absolute atomic E-state index is 4.35. The van der Waals surface area contributed by atoms with Crippen LogP contribution in [0.15, 0.2) is 53.7 Å². The Morgan fingerprint density at radius 2 is 2.09 bits per heavy atom. The van der Waals surface area contributed by atoms with E-state index in [1.54, 1.807) is 0 Å². The summed E-state index contributed by atoms with van der Waals surface area (Å²) in [7, 11) is 0. The second kappa shape index (κ2) is 7.50. The largest absolute Gasteiger partial charge is 0.300 e. The van der Waals surface area contributed by atoms with E-state index in [2.05, 4.69) is 54.5 Å². The Balaban J connectivity index is 2.01. The highest BCUT2D eigenvalue weighted by atomic mass is 32.2. The zero-order valence-electron chi connectivity index (χ0n) is 14.1. The summed E-state index contributed by atoms with van der Waals surface area (Å²) in [6, 6.07) is 13.3. The van der Waals surface area contributed by atoms with Gasteiger partial charge in [0.15, 0.2) is 0 Å². The van der Waals surface area contributed by atoms with Crippen molar-refractivity contribution in [2.75, 3.05) is 5.75 Å². The molecule has 1 aromatic carbocycles. The number of hydrogen-bond acceptors (Lipinski definition) is 3.